The molecule has 1 aromatic rings. The average Bonchev–Trinajstić information content (AvgIpc) is 3.23. The molecule has 122 valence electrons. The molecule has 0 aliphatic carbocycles. The van der Waals surface area contributed by atoms with Gasteiger partial charge in [-0.3, -0.25) is 9.80 Å². The van der Waals surface area contributed by atoms with E-state index in [1.807, 2.05) is 11.3 Å². The van der Waals surface area contributed by atoms with E-state index in [0.29, 0.717) is 11.5 Å². The van der Waals surface area contributed by atoms with Gasteiger partial charge in [-0.25, -0.2) is 0 Å². The van der Waals surface area contributed by atoms with Crippen molar-refractivity contribution in [3.05, 3.63) is 22.4 Å². The van der Waals surface area contributed by atoms with Crippen LogP contribution in [0.15, 0.2) is 17.5 Å². The summed E-state index contributed by atoms with van der Waals surface area (Å²) in [6.07, 6.45) is 2.46. The molecule has 0 amide bonds. The summed E-state index contributed by atoms with van der Waals surface area (Å²) in [5.41, 5.74) is 0.330. The van der Waals surface area contributed by atoms with Crippen LogP contribution < -0.4 is 0 Å². The minimum Gasteiger partial charge on any atom is -0.380 e. The van der Waals surface area contributed by atoms with E-state index in [1.165, 1.54) is 37.4 Å². The Morgan fingerprint density at radius 2 is 2.23 bits per heavy atom. The van der Waals surface area contributed by atoms with E-state index in [9.17, 15) is 0 Å². The molecule has 4 heterocycles. The molecule has 0 aromatic carbocycles. The summed E-state index contributed by atoms with van der Waals surface area (Å²) in [6, 6.07) is 5.02. The standard InChI is InChI=1S/C17H26N2O2S/c1-2-16(22-9-1)10-18-5-4-17(12-18)13-19(6-8-21-14-17)15-3-7-20-11-15/h1-2,9,15H,3-8,10-14H2/t15-,17-/m0/s1. The third-order valence-corrected chi connectivity index (χ3v) is 6.23. The third-order valence-electron chi connectivity index (χ3n) is 5.37. The van der Waals surface area contributed by atoms with Gasteiger partial charge in [0.05, 0.1) is 19.8 Å². The zero-order valence-corrected chi connectivity index (χ0v) is 14.0. The van der Waals surface area contributed by atoms with Crippen LogP contribution in [0, 0.1) is 5.41 Å². The van der Waals surface area contributed by atoms with Crippen molar-refractivity contribution in [3.63, 3.8) is 0 Å². The molecule has 0 radical (unpaired) electrons. The van der Waals surface area contributed by atoms with E-state index >= 15 is 0 Å². The molecule has 0 saturated carbocycles. The lowest BCUT2D eigenvalue weighted by Gasteiger charge is -2.34. The van der Waals surface area contributed by atoms with Crippen molar-refractivity contribution < 1.29 is 9.47 Å². The first-order chi connectivity index (χ1) is 10.8. The Morgan fingerprint density at radius 1 is 1.23 bits per heavy atom. The number of nitrogens with zero attached hydrogens (tertiary/aromatic N) is 2. The fourth-order valence-electron chi connectivity index (χ4n) is 4.18. The normalized spacial score (nSPS) is 34.5. The lowest BCUT2D eigenvalue weighted by molar-refractivity contribution is 0.0685. The van der Waals surface area contributed by atoms with Crippen LogP contribution in [0.3, 0.4) is 0 Å². The van der Waals surface area contributed by atoms with Crippen LogP contribution in [0.4, 0.5) is 0 Å². The number of thiophene rings is 1. The fraction of sp³-hybridized carbons (Fsp3) is 0.765. The topological polar surface area (TPSA) is 24.9 Å². The highest BCUT2D eigenvalue weighted by molar-refractivity contribution is 7.09. The van der Waals surface area contributed by atoms with Crippen molar-refractivity contribution in [2.75, 3.05) is 52.6 Å². The Kier molecular flexibility index (Phi) is 4.51. The number of hydrogen-bond donors (Lipinski definition) is 0. The molecular formula is C17H26N2O2S. The highest BCUT2D eigenvalue weighted by atomic mass is 32.1. The van der Waals surface area contributed by atoms with Gasteiger partial charge in [-0.05, 0) is 30.8 Å². The summed E-state index contributed by atoms with van der Waals surface area (Å²) in [7, 11) is 0. The van der Waals surface area contributed by atoms with Crippen molar-refractivity contribution in [2.45, 2.75) is 25.4 Å². The molecule has 2 atom stereocenters. The minimum atomic E-state index is 0.330. The summed E-state index contributed by atoms with van der Waals surface area (Å²) in [4.78, 5) is 6.74. The van der Waals surface area contributed by atoms with Gasteiger partial charge in [0.25, 0.3) is 0 Å². The Morgan fingerprint density at radius 3 is 3.05 bits per heavy atom. The number of ether oxygens (including phenoxy) is 2. The quantitative estimate of drug-likeness (QED) is 0.850. The van der Waals surface area contributed by atoms with Gasteiger partial charge in [-0.15, -0.1) is 11.3 Å². The maximum atomic E-state index is 6.00. The fourth-order valence-corrected chi connectivity index (χ4v) is 4.93. The van der Waals surface area contributed by atoms with E-state index in [0.717, 1.165) is 39.5 Å². The molecule has 0 N–H and O–H groups in total. The molecule has 4 nitrogen and oxygen atoms in total. The third kappa shape index (κ3) is 3.24. The summed E-state index contributed by atoms with van der Waals surface area (Å²) >= 11 is 1.87. The van der Waals surface area contributed by atoms with Gasteiger partial charge >= 0.3 is 0 Å². The molecule has 0 unspecified atom stereocenters. The number of hydrogen-bond acceptors (Lipinski definition) is 5. The van der Waals surface area contributed by atoms with Gasteiger partial charge in [0.1, 0.15) is 0 Å². The first-order valence-electron chi connectivity index (χ1n) is 8.47. The lowest BCUT2D eigenvalue weighted by atomic mass is 9.87. The van der Waals surface area contributed by atoms with Crippen molar-refractivity contribution in [1.82, 2.24) is 9.80 Å². The van der Waals surface area contributed by atoms with E-state index in [2.05, 4.69) is 27.3 Å². The monoisotopic (exact) mass is 322 g/mol. The van der Waals surface area contributed by atoms with Gasteiger partial charge in [-0.1, -0.05) is 6.07 Å². The summed E-state index contributed by atoms with van der Waals surface area (Å²) in [5, 5.41) is 2.18. The van der Waals surface area contributed by atoms with Gasteiger partial charge in [0.15, 0.2) is 0 Å². The molecule has 5 heteroatoms. The zero-order valence-electron chi connectivity index (χ0n) is 13.2. The van der Waals surface area contributed by atoms with Crippen molar-refractivity contribution in [1.29, 1.82) is 0 Å². The van der Waals surface area contributed by atoms with Crippen LogP contribution in [0.2, 0.25) is 0 Å². The highest BCUT2D eigenvalue weighted by Gasteiger charge is 2.42. The molecule has 1 aromatic heterocycles. The van der Waals surface area contributed by atoms with Crippen LogP contribution in [-0.2, 0) is 16.0 Å². The molecule has 1 spiro atoms. The van der Waals surface area contributed by atoms with Crippen LogP contribution in [0.25, 0.3) is 0 Å². The molecule has 4 rings (SSSR count). The Balaban J connectivity index is 1.41. The van der Waals surface area contributed by atoms with Crippen LogP contribution in [0.5, 0.6) is 0 Å². The molecule has 22 heavy (non-hydrogen) atoms. The zero-order chi connectivity index (χ0) is 14.8. The van der Waals surface area contributed by atoms with E-state index in [-0.39, 0.29) is 0 Å². The minimum absolute atomic E-state index is 0.330. The Bertz CT molecular complexity index is 475. The smallest absolute Gasteiger partial charge is 0.0622 e. The summed E-state index contributed by atoms with van der Waals surface area (Å²) in [6.45, 7) is 9.38. The molecule has 0 bridgehead atoms. The lowest BCUT2D eigenvalue weighted by Crippen LogP contribution is -2.45. The summed E-state index contributed by atoms with van der Waals surface area (Å²) < 4.78 is 11.6. The molecule has 3 saturated heterocycles. The van der Waals surface area contributed by atoms with Crippen LogP contribution in [0.1, 0.15) is 17.7 Å². The van der Waals surface area contributed by atoms with Gasteiger partial charge in [0.2, 0.25) is 0 Å². The highest BCUT2D eigenvalue weighted by Crippen LogP contribution is 2.35. The Hall–Kier alpha value is -0.460. The Labute approximate surface area is 137 Å². The van der Waals surface area contributed by atoms with E-state index < -0.39 is 0 Å². The molecule has 3 fully saturated rings. The molecule has 3 aliphatic heterocycles. The maximum Gasteiger partial charge on any atom is 0.0622 e. The molecular weight excluding hydrogens is 296 g/mol. The largest absolute Gasteiger partial charge is 0.380 e. The first-order valence-corrected chi connectivity index (χ1v) is 9.35. The van der Waals surface area contributed by atoms with Crippen LogP contribution in [-0.4, -0.2) is 68.4 Å². The van der Waals surface area contributed by atoms with Crippen molar-refractivity contribution in [2.24, 2.45) is 5.41 Å². The second kappa shape index (κ2) is 6.57. The maximum absolute atomic E-state index is 6.00. The predicted octanol–water partition coefficient (Wildman–Crippen LogP) is 2.06. The average molecular weight is 322 g/mol. The van der Waals surface area contributed by atoms with E-state index in [1.54, 1.807) is 0 Å². The van der Waals surface area contributed by atoms with Gasteiger partial charge in [-0.2, -0.15) is 0 Å². The first kappa shape index (κ1) is 15.1. The molecule has 3 aliphatic rings. The predicted molar refractivity (Wildman–Crippen MR) is 88.3 cm³/mol. The van der Waals surface area contributed by atoms with Gasteiger partial charge in [0, 0.05) is 49.1 Å². The van der Waals surface area contributed by atoms with Crippen LogP contribution >= 0.6 is 11.3 Å². The second-order valence-electron chi connectivity index (χ2n) is 7.08. The SMILES string of the molecule is c1csc(CN2CC[C@]3(COCCN([C@H]4CCOC4)C3)C2)c1. The van der Waals surface area contributed by atoms with E-state index in [4.69, 9.17) is 9.47 Å². The number of likely N-dealkylation sites (tertiary alicyclic amines) is 1. The summed E-state index contributed by atoms with van der Waals surface area (Å²) in [5.74, 6) is 0. The van der Waals surface area contributed by atoms with Crippen molar-refractivity contribution in [3.8, 4) is 0 Å². The van der Waals surface area contributed by atoms with Crippen molar-refractivity contribution >= 4 is 11.3 Å². The number of rotatable bonds is 3. The van der Waals surface area contributed by atoms with Gasteiger partial charge < -0.3 is 9.47 Å². The second-order valence-corrected chi connectivity index (χ2v) is 8.11.